The molecule has 1 N–H and O–H groups in total. The Morgan fingerprint density at radius 1 is 1.03 bits per heavy atom. The Labute approximate surface area is 184 Å². The smallest absolute Gasteiger partial charge is 0.247 e. The molecular formula is C25H33F2N3O. The fraction of sp³-hybridized carbons (Fsp3) is 0.560. The molecule has 1 saturated carbocycles. The number of carbonyl (C=O) groups is 1. The molecule has 0 spiro atoms. The normalized spacial score (nSPS) is 24.9. The molecule has 0 aromatic heterocycles. The van der Waals surface area contributed by atoms with Crippen LogP contribution in [-0.4, -0.2) is 43.0 Å². The number of halogens is 2. The van der Waals surface area contributed by atoms with Gasteiger partial charge < -0.3 is 15.1 Å². The van der Waals surface area contributed by atoms with Crippen molar-refractivity contribution in [1.82, 2.24) is 10.2 Å². The first kappa shape index (κ1) is 21.8. The van der Waals surface area contributed by atoms with Crippen molar-refractivity contribution in [3.05, 3.63) is 53.8 Å². The van der Waals surface area contributed by atoms with Gasteiger partial charge in [-0.1, -0.05) is 12.2 Å². The Morgan fingerprint density at radius 3 is 2.48 bits per heavy atom. The van der Waals surface area contributed by atoms with E-state index in [1.165, 1.54) is 18.6 Å². The van der Waals surface area contributed by atoms with Gasteiger partial charge in [0.05, 0.1) is 5.69 Å². The molecule has 2 fully saturated rings. The van der Waals surface area contributed by atoms with Gasteiger partial charge in [0.2, 0.25) is 5.91 Å². The monoisotopic (exact) mass is 429 g/mol. The number of hydrogen-bond donors (Lipinski definition) is 1. The Balaban J connectivity index is 1.18. The van der Waals surface area contributed by atoms with Crippen LogP contribution in [0.2, 0.25) is 0 Å². The number of piperazine rings is 1. The van der Waals surface area contributed by atoms with E-state index in [9.17, 15) is 13.6 Å². The zero-order valence-electron chi connectivity index (χ0n) is 18.2. The van der Waals surface area contributed by atoms with Crippen molar-refractivity contribution >= 4 is 11.6 Å². The second-order valence-electron chi connectivity index (χ2n) is 9.02. The molecule has 0 atom stereocenters. The number of anilines is 1. The van der Waals surface area contributed by atoms with E-state index in [0.29, 0.717) is 17.6 Å². The Morgan fingerprint density at radius 2 is 1.81 bits per heavy atom. The summed E-state index contributed by atoms with van der Waals surface area (Å²) in [7, 11) is 0. The molecule has 4 rings (SSSR count). The van der Waals surface area contributed by atoms with E-state index < -0.39 is 11.6 Å². The predicted molar refractivity (Wildman–Crippen MR) is 120 cm³/mol. The number of hydrogen-bond acceptors (Lipinski definition) is 3. The highest BCUT2D eigenvalue weighted by Crippen LogP contribution is 2.27. The Kier molecular flexibility index (Phi) is 7.25. The van der Waals surface area contributed by atoms with Gasteiger partial charge in [0.25, 0.3) is 0 Å². The number of amides is 1. The van der Waals surface area contributed by atoms with Crippen molar-refractivity contribution in [2.24, 2.45) is 5.92 Å². The zero-order valence-corrected chi connectivity index (χ0v) is 18.2. The van der Waals surface area contributed by atoms with Crippen LogP contribution < -0.4 is 10.2 Å². The molecule has 1 amide bonds. The molecule has 1 saturated heterocycles. The molecule has 31 heavy (non-hydrogen) atoms. The SMILES string of the molecule is O=C(NC1CCC(/C=C/N2CCN(c3ccc(F)cc3F)CC2)CC1)C1=CCCCC1. The van der Waals surface area contributed by atoms with Gasteiger partial charge in [-0.3, -0.25) is 4.79 Å². The molecule has 1 aromatic carbocycles. The van der Waals surface area contributed by atoms with E-state index in [2.05, 4.69) is 28.6 Å². The molecule has 3 aliphatic rings. The van der Waals surface area contributed by atoms with Gasteiger partial charge in [-0.15, -0.1) is 0 Å². The van der Waals surface area contributed by atoms with Crippen molar-refractivity contribution < 1.29 is 13.6 Å². The van der Waals surface area contributed by atoms with Crippen molar-refractivity contribution in [2.75, 3.05) is 31.1 Å². The molecule has 0 bridgehead atoms. The van der Waals surface area contributed by atoms with Gasteiger partial charge >= 0.3 is 0 Å². The largest absolute Gasteiger partial charge is 0.374 e. The molecule has 168 valence electrons. The first-order valence-electron chi connectivity index (χ1n) is 11.7. The lowest BCUT2D eigenvalue weighted by atomic mass is 9.85. The van der Waals surface area contributed by atoms with Crippen molar-refractivity contribution in [3.8, 4) is 0 Å². The lowest BCUT2D eigenvalue weighted by Crippen LogP contribution is -2.44. The van der Waals surface area contributed by atoms with E-state index in [0.717, 1.165) is 82.8 Å². The summed E-state index contributed by atoms with van der Waals surface area (Å²) in [5.41, 5.74) is 1.46. The number of rotatable bonds is 5. The summed E-state index contributed by atoms with van der Waals surface area (Å²) in [6.45, 7) is 3.10. The summed E-state index contributed by atoms with van der Waals surface area (Å²) in [6.07, 6.45) is 15.1. The number of benzene rings is 1. The van der Waals surface area contributed by atoms with Gasteiger partial charge in [0.1, 0.15) is 11.6 Å². The zero-order chi connectivity index (χ0) is 21.6. The number of nitrogens with one attached hydrogen (secondary N) is 1. The maximum absolute atomic E-state index is 14.0. The number of allylic oxidation sites excluding steroid dienone is 2. The Bertz CT molecular complexity index is 822. The molecule has 4 nitrogen and oxygen atoms in total. The fourth-order valence-electron chi connectivity index (χ4n) is 4.87. The highest BCUT2D eigenvalue weighted by molar-refractivity contribution is 5.93. The van der Waals surface area contributed by atoms with Crippen LogP contribution in [0, 0.1) is 17.6 Å². The molecule has 2 aliphatic carbocycles. The van der Waals surface area contributed by atoms with E-state index in [4.69, 9.17) is 0 Å². The summed E-state index contributed by atoms with van der Waals surface area (Å²) >= 11 is 0. The minimum atomic E-state index is -0.539. The molecule has 6 heteroatoms. The van der Waals surface area contributed by atoms with Crippen LogP contribution in [-0.2, 0) is 4.79 Å². The molecule has 1 aromatic rings. The first-order chi connectivity index (χ1) is 15.1. The highest BCUT2D eigenvalue weighted by atomic mass is 19.1. The lowest BCUT2D eigenvalue weighted by molar-refractivity contribution is -0.118. The van der Waals surface area contributed by atoms with Gasteiger partial charge in [-0.05, 0) is 75.6 Å². The van der Waals surface area contributed by atoms with Crippen molar-refractivity contribution in [3.63, 3.8) is 0 Å². The molecule has 1 aliphatic heterocycles. The fourth-order valence-corrected chi connectivity index (χ4v) is 4.87. The number of carbonyl (C=O) groups excluding carboxylic acids is 1. The van der Waals surface area contributed by atoms with E-state index in [1.54, 1.807) is 0 Å². The van der Waals surface area contributed by atoms with Crippen LogP contribution in [0.3, 0.4) is 0 Å². The predicted octanol–water partition coefficient (Wildman–Crippen LogP) is 4.78. The van der Waals surface area contributed by atoms with Gasteiger partial charge in [-0.25, -0.2) is 8.78 Å². The van der Waals surface area contributed by atoms with Crippen LogP contribution in [0.15, 0.2) is 42.1 Å². The van der Waals surface area contributed by atoms with Crippen LogP contribution in [0.4, 0.5) is 14.5 Å². The van der Waals surface area contributed by atoms with Gasteiger partial charge in [-0.2, -0.15) is 0 Å². The van der Waals surface area contributed by atoms with E-state index >= 15 is 0 Å². The molecule has 1 heterocycles. The van der Waals surface area contributed by atoms with Crippen LogP contribution in [0.1, 0.15) is 51.4 Å². The minimum Gasteiger partial charge on any atom is -0.374 e. The molecule has 0 unspecified atom stereocenters. The van der Waals surface area contributed by atoms with Gasteiger partial charge in [0, 0.05) is 43.9 Å². The third-order valence-electron chi connectivity index (χ3n) is 6.82. The molecule has 0 radical (unpaired) electrons. The average Bonchev–Trinajstić information content (AvgIpc) is 2.80. The first-order valence-corrected chi connectivity index (χ1v) is 11.7. The minimum absolute atomic E-state index is 0.147. The second-order valence-corrected chi connectivity index (χ2v) is 9.02. The van der Waals surface area contributed by atoms with Crippen molar-refractivity contribution in [2.45, 2.75) is 57.4 Å². The van der Waals surface area contributed by atoms with Crippen LogP contribution >= 0.6 is 0 Å². The summed E-state index contributed by atoms with van der Waals surface area (Å²) < 4.78 is 27.1. The summed E-state index contributed by atoms with van der Waals surface area (Å²) in [4.78, 5) is 16.7. The third-order valence-corrected chi connectivity index (χ3v) is 6.82. The topological polar surface area (TPSA) is 35.6 Å². The van der Waals surface area contributed by atoms with E-state index in [-0.39, 0.29) is 5.91 Å². The summed E-state index contributed by atoms with van der Waals surface area (Å²) in [6, 6.07) is 4.09. The van der Waals surface area contributed by atoms with Gasteiger partial charge in [0.15, 0.2) is 0 Å². The summed E-state index contributed by atoms with van der Waals surface area (Å²) in [5.74, 6) is -0.334. The summed E-state index contributed by atoms with van der Waals surface area (Å²) in [5, 5.41) is 3.24. The van der Waals surface area contributed by atoms with Crippen LogP contribution in [0.5, 0.6) is 0 Å². The quantitative estimate of drug-likeness (QED) is 0.732. The highest BCUT2D eigenvalue weighted by Gasteiger charge is 2.23. The average molecular weight is 430 g/mol. The number of nitrogens with zero attached hydrogens (tertiary/aromatic N) is 2. The van der Waals surface area contributed by atoms with Crippen molar-refractivity contribution in [1.29, 1.82) is 0 Å². The second kappa shape index (κ2) is 10.3. The maximum Gasteiger partial charge on any atom is 0.247 e. The van der Waals surface area contributed by atoms with E-state index in [1.807, 2.05) is 4.90 Å². The third kappa shape index (κ3) is 5.86. The lowest BCUT2D eigenvalue weighted by Gasteiger charge is -2.36. The van der Waals surface area contributed by atoms with Crippen LogP contribution in [0.25, 0.3) is 0 Å². The Hall–Kier alpha value is -2.37. The molecular weight excluding hydrogens is 396 g/mol. The maximum atomic E-state index is 14.0. The standard InChI is InChI=1S/C25H33F2N3O/c26-21-8-11-24(23(27)18-21)30-16-14-29(15-17-30)13-12-19-6-9-22(10-7-19)28-25(31)20-4-2-1-3-5-20/h4,8,11-13,18-19,22H,1-3,5-7,9-10,14-17H2,(H,28,31)/b13-12+.